The topological polar surface area (TPSA) is 112 Å². The lowest BCUT2D eigenvalue weighted by molar-refractivity contribution is -0.0937. The van der Waals surface area contributed by atoms with Crippen LogP contribution >= 0.6 is 0 Å². The maximum absolute atomic E-state index is 12.8. The Labute approximate surface area is 180 Å². The number of nitrogens with zero attached hydrogens (tertiary/aromatic N) is 3. The lowest BCUT2D eigenvalue weighted by atomic mass is 10.00. The molecule has 0 spiro atoms. The summed E-state index contributed by atoms with van der Waals surface area (Å²) in [5.74, 6) is -0.0305. The van der Waals surface area contributed by atoms with Gasteiger partial charge in [-0.3, -0.25) is 0 Å². The third kappa shape index (κ3) is 7.50. The van der Waals surface area contributed by atoms with Gasteiger partial charge in [-0.1, -0.05) is 13.0 Å². The van der Waals surface area contributed by atoms with Crippen LogP contribution in [0.4, 0.5) is 8.78 Å². The zero-order valence-electron chi connectivity index (χ0n) is 17.8. The van der Waals surface area contributed by atoms with Crippen LogP contribution in [-0.2, 0) is 14.2 Å². The summed E-state index contributed by atoms with van der Waals surface area (Å²) >= 11 is 0. The number of nitriles is 1. The summed E-state index contributed by atoms with van der Waals surface area (Å²) in [7, 11) is 2.95. The normalized spacial score (nSPS) is 17.6. The highest BCUT2D eigenvalue weighted by Crippen LogP contribution is 2.34. The van der Waals surface area contributed by atoms with Gasteiger partial charge in [0, 0.05) is 33.1 Å². The van der Waals surface area contributed by atoms with Crippen LogP contribution in [0.1, 0.15) is 24.8 Å². The van der Waals surface area contributed by atoms with E-state index in [2.05, 4.69) is 9.73 Å². The Hall–Kier alpha value is -2.68. The lowest BCUT2D eigenvalue weighted by Crippen LogP contribution is -2.37. The van der Waals surface area contributed by atoms with E-state index < -0.39 is 12.9 Å². The first-order chi connectivity index (χ1) is 14.9. The maximum Gasteiger partial charge on any atom is 0.387 e. The second kappa shape index (κ2) is 12.2. The van der Waals surface area contributed by atoms with Gasteiger partial charge in [-0.15, -0.1) is 0 Å². The molecule has 0 saturated carbocycles. The molecular formula is C20H28F2N4O5. The van der Waals surface area contributed by atoms with Gasteiger partial charge in [-0.25, -0.2) is 9.89 Å². The number of nitrogens with two attached hydrogens (primary N) is 1. The SMILES string of the molecule is COC(CN=C(N)N(C#N)CC(C)c1ccc(OC(F)F)c(OC2CCOC2)c1)OC. The molecule has 1 aliphatic heterocycles. The first kappa shape index (κ1) is 24.6. The molecule has 0 aliphatic carbocycles. The van der Waals surface area contributed by atoms with Crippen LogP contribution in [0.25, 0.3) is 0 Å². The molecule has 11 heteroatoms. The smallest absolute Gasteiger partial charge is 0.387 e. The van der Waals surface area contributed by atoms with Crippen molar-refractivity contribution in [2.75, 3.05) is 40.5 Å². The highest BCUT2D eigenvalue weighted by atomic mass is 19.3. The van der Waals surface area contributed by atoms with Gasteiger partial charge in [0.05, 0.1) is 19.8 Å². The van der Waals surface area contributed by atoms with E-state index in [4.69, 9.17) is 24.7 Å². The van der Waals surface area contributed by atoms with Gasteiger partial charge in [-0.2, -0.15) is 14.0 Å². The molecule has 1 aromatic carbocycles. The number of guanidine groups is 1. The molecule has 1 fully saturated rings. The van der Waals surface area contributed by atoms with Crippen molar-refractivity contribution in [2.24, 2.45) is 10.7 Å². The molecule has 2 rings (SSSR count). The minimum Gasteiger partial charge on any atom is -0.484 e. The lowest BCUT2D eigenvalue weighted by Gasteiger charge is -2.22. The molecule has 172 valence electrons. The summed E-state index contributed by atoms with van der Waals surface area (Å²) in [6.45, 7) is 0.181. The average Bonchev–Trinajstić information content (AvgIpc) is 3.26. The first-order valence-corrected chi connectivity index (χ1v) is 9.73. The molecule has 1 aromatic rings. The van der Waals surface area contributed by atoms with Gasteiger partial charge in [0.2, 0.25) is 5.96 Å². The second-order valence-corrected chi connectivity index (χ2v) is 6.90. The molecule has 2 unspecified atom stereocenters. The van der Waals surface area contributed by atoms with Crippen LogP contribution in [-0.4, -0.2) is 70.4 Å². The molecule has 9 nitrogen and oxygen atoms in total. The van der Waals surface area contributed by atoms with Gasteiger partial charge >= 0.3 is 6.61 Å². The highest BCUT2D eigenvalue weighted by Gasteiger charge is 2.22. The minimum absolute atomic E-state index is 0.0191. The molecule has 1 heterocycles. The number of alkyl halides is 2. The van der Waals surface area contributed by atoms with Crippen LogP contribution in [0, 0.1) is 11.5 Å². The number of rotatable bonds is 11. The third-order valence-electron chi connectivity index (χ3n) is 4.72. The fourth-order valence-electron chi connectivity index (χ4n) is 2.97. The van der Waals surface area contributed by atoms with E-state index >= 15 is 0 Å². The fraction of sp³-hybridized carbons (Fsp3) is 0.600. The molecule has 1 aliphatic rings. The Morgan fingerprint density at radius 1 is 1.35 bits per heavy atom. The van der Waals surface area contributed by atoms with E-state index in [9.17, 15) is 14.0 Å². The van der Waals surface area contributed by atoms with Crippen molar-refractivity contribution in [3.63, 3.8) is 0 Å². The van der Waals surface area contributed by atoms with E-state index in [0.29, 0.717) is 19.6 Å². The third-order valence-corrected chi connectivity index (χ3v) is 4.72. The van der Waals surface area contributed by atoms with E-state index in [1.54, 1.807) is 12.1 Å². The number of hydrogen-bond donors (Lipinski definition) is 1. The van der Waals surface area contributed by atoms with Crippen molar-refractivity contribution in [3.8, 4) is 17.7 Å². The van der Waals surface area contributed by atoms with E-state index in [-0.39, 0.29) is 42.6 Å². The van der Waals surface area contributed by atoms with Crippen molar-refractivity contribution in [1.29, 1.82) is 5.26 Å². The van der Waals surface area contributed by atoms with Gasteiger partial charge in [0.15, 0.2) is 24.0 Å². The largest absolute Gasteiger partial charge is 0.484 e. The number of halogens is 2. The average molecular weight is 442 g/mol. The Kier molecular flexibility index (Phi) is 9.71. The van der Waals surface area contributed by atoms with Crippen molar-refractivity contribution >= 4 is 5.96 Å². The highest BCUT2D eigenvalue weighted by molar-refractivity contribution is 5.79. The zero-order chi connectivity index (χ0) is 22.8. The van der Waals surface area contributed by atoms with Crippen LogP contribution in [0.15, 0.2) is 23.2 Å². The van der Waals surface area contributed by atoms with E-state index in [0.717, 1.165) is 5.56 Å². The van der Waals surface area contributed by atoms with Crippen molar-refractivity contribution < 1.29 is 32.5 Å². The Morgan fingerprint density at radius 2 is 2.10 bits per heavy atom. The van der Waals surface area contributed by atoms with Crippen molar-refractivity contribution in [2.45, 2.75) is 38.3 Å². The van der Waals surface area contributed by atoms with Crippen molar-refractivity contribution in [1.82, 2.24) is 4.90 Å². The van der Waals surface area contributed by atoms with Gasteiger partial charge < -0.3 is 29.4 Å². The molecular weight excluding hydrogens is 414 g/mol. The minimum atomic E-state index is -2.97. The molecule has 0 aromatic heterocycles. The summed E-state index contributed by atoms with van der Waals surface area (Å²) in [6.07, 6.45) is 1.85. The molecule has 0 radical (unpaired) electrons. The van der Waals surface area contributed by atoms with E-state index in [1.807, 2.05) is 13.1 Å². The van der Waals surface area contributed by atoms with Crippen LogP contribution in [0.2, 0.25) is 0 Å². The van der Waals surface area contributed by atoms with Crippen LogP contribution in [0.3, 0.4) is 0 Å². The molecule has 0 amide bonds. The van der Waals surface area contributed by atoms with Crippen LogP contribution < -0.4 is 15.2 Å². The summed E-state index contributed by atoms with van der Waals surface area (Å²) in [4.78, 5) is 5.36. The predicted octanol–water partition coefficient (Wildman–Crippen LogP) is 2.28. The Bertz CT molecular complexity index is 764. The Morgan fingerprint density at radius 3 is 2.68 bits per heavy atom. The molecule has 0 bridgehead atoms. The second-order valence-electron chi connectivity index (χ2n) is 6.90. The monoisotopic (exact) mass is 442 g/mol. The predicted molar refractivity (Wildman–Crippen MR) is 108 cm³/mol. The molecule has 2 atom stereocenters. The maximum atomic E-state index is 12.8. The number of ether oxygens (including phenoxy) is 5. The first-order valence-electron chi connectivity index (χ1n) is 9.73. The fourth-order valence-corrected chi connectivity index (χ4v) is 2.97. The number of methoxy groups -OCH3 is 2. The number of aliphatic imine (C=N–C) groups is 1. The van der Waals surface area contributed by atoms with Gasteiger partial charge in [0.1, 0.15) is 6.10 Å². The zero-order valence-corrected chi connectivity index (χ0v) is 17.8. The molecule has 2 N–H and O–H groups in total. The van der Waals surface area contributed by atoms with Gasteiger partial charge in [-0.05, 0) is 17.7 Å². The number of benzene rings is 1. The molecule has 1 saturated heterocycles. The van der Waals surface area contributed by atoms with Crippen molar-refractivity contribution in [3.05, 3.63) is 23.8 Å². The summed E-state index contributed by atoms with van der Waals surface area (Å²) in [6, 6.07) is 4.71. The number of hydrogen-bond acceptors (Lipinski definition) is 7. The molecule has 31 heavy (non-hydrogen) atoms. The van der Waals surface area contributed by atoms with E-state index in [1.165, 1.54) is 25.2 Å². The summed E-state index contributed by atoms with van der Waals surface area (Å²) < 4.78 is 51.3. The summed E-state index contributed by atoms with van der Waals surface area (Å²) in [5, 5.41) is 9.47. The van der Waals surface area contributed by atoms with Gasteiger partial charge in [0.25, 0.3) is 0 Å². The van der Waals surface area contributed by atoms with Crippen LogP contribution in [0.5, 0.6) is 11.5 Å². The standard InChI is InChI=1S/C20H28F2N4O5/c1-13(10-26(12-23)20(24)25-9-18(27-2)28-3)14-4-5-16(31-19(21)22)17(8-14)30-15-6-7-29-11-15/h4-5,8,13,15,18-19H,6-7,9-11H2,1-3H3,(H2,24,25). The summed E-state index contributed by atoms with van der Waals surface area (Å²) in [5.41, 5.74) is 6.69. The quantitative estimate of drug-likeness (QED) is 0.183. The Balaban J connectivity index is 2.14.